The molecule has 0 saturated carbocycles. The van der Waals surface area contributed by atoms with Gasteiger partial charge in [0, 0.05) is 32.0 Å². The summed E-state index contributed by atoms with van der Waals surface area (Å²) in [6.45, 7) is 4.84. The van der Waals surface area contributed by atoms with Gasteiger partial charge in [0.15, 0.2) is 0 Å². The number of benzene rings is 1. The van der Waals surface area contributed by atoms with Crippen LogP contribution in [0.15, 0.2) is 41.5 Å². The lowest BCUT2D eigenvalue weighted by Gasteiger charge is -2.31. The molecule has 0 aliphatic carbocycles. The molecule has 130 valence electrons. The van der Waals surface area contributed by atoms with Crippen LogP contribution >= 0.6 is 11.5 Å². The fourth-order valence-electron chi connectivity index (χ4n) is 3.38. The molecule has 0 N–H and O–H groups in total. The van der Waals surface area contributed by atoms with Crippen LogP contribution in [-0.2, 0) is 13.0 Å². The maximum absolute atomic E-state index is 12.5. The summed E-state index contributed by atoms with van der Waals surface area (Å²) in [5, 5.41) is 0.842. The maximum atomic E-state index is 12.5. The molecule has 0 unspecified atom stereocenters. The van der Waals surface area contributed by atoms with Gasteiger partial charge >= 0.3 is 0 Å². The molecule has 0 radical (unpaired) electrons. The minimum Gasteiger partial charge on any atom is -0.341 e. The normalized spacial score (nSPS) is 15.8. The van der Waals surface area contributed by atoms with Crippen molar-refractivity contribution in [3.8, 4) is 0 Å². The molecule has 1 aromatic carbocycles. The summed E-state index contributed by atoms with van der Waals surface area (Å²) in [6, 6.07) is 7.87. The number of anilines is 1. The predicted octanol–water partition coefficient (Wildman–Crippen LogP) is 3.33. The smallest absolute Gasteiger partial charge is 0.268 e. The summed E-state index contributed by atoms with van der Waals surface area (Å²) >= 11 is 1.58. The lowest BCUT2D eigenvalue weighted by molar-refractivity contribution is 0.362. The lowest BCUT2D eigenvalue weighted by atomic mass is 9.97. The molecule has 4 rings (SSSR count). The van der Waals surface area contributed by atoms with Gasteiger partial charge in [-0.15, -0.1) is 0 Å². The van der Waals surface area contributed by atoms with Gasteiger partial charge in [0.05, 0.1) is 10.1 Å². The minimum atomic E-state index is 0.154. The molecule has 1 aliphatic heterocycles. The van der Waals surface area contributed by atoms with Gasteiger partial charge in [-0.3, -0.25) is 8.75 Å². The molecule has 2 aromatic heterocycles. The summed E-state index contributed by atoms with van der Waals surface area (Å²) < 4.78 is 3.01. The monoisotopic (exact) mass is 354 g/mol. The van der Waals surface area contributed by atoms with Crippen LogP contribution in [0.1, 0.15) is 25.3 Å². The lowest BCUT2D eigenvalue weighted by Crippen LogP contribution is -2.36. The minimum absolute atomic E-state index is 0.154. The maximum Gasteiger partial charge on any atom is 0.268 e. The average molecular weight is 354 g/mol. The van der Waals surface area contributed by atoms with Crippen molar-refractivity contribution >= 4 is 27.6 Å². The number of hydrogen-bond donors (Lipinski definition) is 0. The van der Waals surface area contributed by atoms with Crippen LogP contribution in [0.5, 0.6) is 0 Å². The van der Waals surface area contributed by atoms with Crippen molar-refractivity contribution in [3.63, 3.8) is 0 Å². The Hall–Kier alpha value is -2.21. The van der Waals surface area contributed by atoms with E-state index in [2.05, 4.69) is 21.8 Å². The van der Waals surface area contributed by atoms with E-state index in [1.807, 2.05) is 40.6 Å². The van der Waals surface area contributed by atoms with E-state index < -0.39 is 0 Å². The van der Waals surface area contributed by atoms with Gasteiger partial charge in [0.25, 0.3) is 5.56 Å². The van der Waals surface area contributed by atoms with Crippen LogP contribution in [0.25, 0.3) is 10.1 Å². The van der Waals surface area contributed by atoms with E-state index in [0.29, 0.717) is 5.92 Å². The van der Waals surface area contributed by atoms with Crippen molar-refractivity contribution in [1.29, 1.82) is 0 Å². The van der Waals surface area contributed by atoms with E-state index in [-0.39, 0.29) is 5.56 Å². The first kappa shape index (κ1) is 16.3. The molecule has 25 heavy (non-hydrogen) atoms. The van der Waals surface area contributed by atoms with Crippen LogP contribution in [0.3, 0.4) is 0 Å². The van der Waals surface area contributed by atoms with Crippen molar-refractivity contribution in [2.45, 2.75) is 32.7 Å². The standard InChI is InChI=1S/C19H22N4OS/c1-2-14-11-20-19(21-12-14)22-9-7-15(8-10-22)13-23-18(24)16-5-3-4-6-17(16)25-23/h3-6,11-12,15H,2,7-10,13H2,1H3. The number of aromatic nitrogens is 3. The highest BCUT2D eigenvalue weighted by Gasteiger charge is 2.22. The van der Waals surface area contributed by atoms with Crippen molar-refractivity contribution in [2.75, 3.05) is 18.0 Å². The molecule has 0 amide bonds. The highest BCUT2D eigenvalue weighted by atomic mass is 32.1. The number of piperidine rings is 1. The first-order chi connectivity index (χ1) is 12.2. The topological polar surface area (TPSA) is 51.0 Å². The highest BCUT2D eigenvalue weighted by Crippen LogP contribution is 2.24. The second kappa shape index (κ2) is 6.96. The molecular weight excluding hydrogens is 332 g/mol. The van der Waals surface area contributed by atoms with Gasteiger partial charge in [-0.05, 0) is 42.9 Å². The number of rotatable bonds is 4. The second-order valence-electron chi connectivity index (χ2n) is 6.63. The fraction of sp³-hybridized carbons (Fsp3) is 0.421. The molecule has 1 saturated heterocycles. The average Bonchev–Trinajstić information content (AvgIpc) is 2.98. The Bertz CT molecular complexity index is 907. The third kappa shape index (κ3) is 3.31. The Morgan fingerprint density at radius 2 is 1.88 bits per heavy atom. The molecule has 3 aromatic rings. The third-order valence-corrected chi connectivity index (χ3v) is 6.06. The van der Waals surface area contributed by atoms with E-state index in [0.717, 1.165) is 54.9 Å². The van der Waals surface area contributed by atoms with Gasteiger partial charge in [0.1, 0.15) is 0 Å². The van der Waals surface area contributed by atoms with Gasteiger partial charge in [-0.2, -0.15) is 0 Å². The van der Waals surface area contributed by atoms with Crippen LogP contribution < -0.4 is 10.5 Å². The zero-order valence-electron chi connectivity index (χ0n) is 14.4. The van der Waals surface area contributed by atoms with Gasteiger partial charge in [-0.1, -0.05) is 30.6 Å². The van der Waals surface area contributed by atoms with Crippen LogP contribution in [0.4, 0.5) is 5.95 Å². The highest BCUT2D eigenvalue weighted by molar-refractivity contribution is 7.13. The fourth-order valence-corrected chi connectivity index (χ4v) is 4.48. The molecule has 3 heterocycles. The molecule has 6 heteroatoms. The van der Waals surface area contributed by atoms with E-state index in [1.54, 1.807) is 11.5 Å². The van der Waals surface area contributed by atoms with E-state index in [1.165, 1.54) is 5.56 Å². The first-order valence-electron chi connectivity index (χ1n) is 8.89. The molecule has 0 atom stereocenters. The van der Waals surface area contributed by atoms with Crippen molar-refractivity contribution in [1.82, 2.24) is 13.9 Å². The van der Waals surface area contributed by atoms with E-state index in [9.17, 15) is 4.79 Å². The molecule has 5 nitrogen and oxygen atoms in total. The van der Waals surface area contributed by atoms with E-state index >= 15 is 0 Å². The Morgan fingerprint density at radius 1 is 1.16 bits per heavy atom. The third-order valence-electron chi connectivity index (χ3n) is 4.97. The molecular formula is C19H22N4OS. The Balaban J connectivity index is 1.41. The SMILES string of the molecule is CCc1cnc(N2CCC(Cn3sc4ccccc4c3=O)CC2)nc1. The van der Waals surface area contributed by atoms with Gasteiger partial charge < -0.3 is 4.90 Å². The molecule has 0 bridgehead atoms. The van der Waals surface area contributed by atoms with Crippen LogP contribution in [0.2, 0.25) is 0 Å². The summed E-state index contributed by atoms with van der Waals surface area (Å²) in [6.07, 6.45) is 6.95. The zero-order valence-corrected chi connectivity index (χ0v) is 15.2. The Labute approximate surface area is 151 Å². The van der Waals surface area contributed by atoms with Crippen molar-refractivity contribution < 1.29 is 0 Å². The van der Waals surface area contributed by atoms with Crippen molar-refractivity contribution in [2.24, 2.45) is 5.92 Å². The van der Waals surface area contributed by atoms with Crippen LogP contribution in [0, 0.1) is 5.92 Å². The number of aryl methyl sites for hydroxylation is 1. The second-order valence-corrected chi connectivity index (χ2v) is 7.69. The number of fused-ring (bicyclic) bond motifs is 1. The number of nitrogens with zero attached hydrogens (tertiary/aromatic N) is 4. The van der Waals surface area contributed by atoms with Gasteiger partial charge in [-0.25, -0.2) is 9.97 Å². The first-order valence-corrected chi connectivity index (χ1v) is 9.66. The summed E-state index contributed by atoms with van der Waals surface area (Å²) in [4.78, 5) is 23.7. The molecule has 1 fully saturated rings. The van der Waals surface area contributed by atoms with Crippen molar-refractivity contribution in [3.05, 3.63) is 52.6 Å². The summed E-state index contributed by atoms with van der Waals surface area (Å²) in [5.41, 5.74) is 1.32. The van der Waals surface area contributed by atoms with E-state index in [4.69, 9.17) is 0 Å². The summed E-state index contributed by atoms with van der Waals surface area (Å²) in [7, 11) is 0. The van der Waals surface area contributed by atoms with Gasteiger partial charge in [0.2, 0.25) is 5.95 Å². The Morgan fingerprint density at radius 3 is 2.56 bits per heavy atom. The van der Waals surface area contributed by atoms with Crippen LogP contribution in [-0.4, -0.2) is 27.0 Å². The quantitative estimate of drug-likeness (QED) is 0.721. The Kier molecular flexibility index (Phi) is 4.53. The number of hydrogen-bond acceptors (Lipinski definition) is 5. The molecule has 0 spiro atoms. The predicted molar refractivity (Wildman–Crippen MR) is 102 cm³/mol. The summed E-state index contributed by atoms with van der Waals surface area (Å²) in [5.74, 6) is 1.37. The zero-order chi connectivity index (χ0) is 17.2. The molecule has 1 aliphatic rings. The largest absolute Gasteiger partial charge is 0.341 e.